The second-order valence-electron chi connectivity index (χ2n) is 5.12. The number of rotatable bonds is 5. The first-order valence-corrected chi connectivity index (χ1v) is 7.35. The van der Waals surface area contributed by atoms with Crippen LogP contribution in [-0.4, -0.2) is 26.9 Å². The van der Waals surface area contributed by atoms with Gasteiger partial charge in [-0.3, -0.25) is 10.4 Å². The second kappa shape index (κ2) is 6.36. The third kappa shape index (κ3) is 2.98. The SMILES string of the molecule is Fc1ccccc1Cn1nc(-c2ccccn2)cc1NN1OCO1. The van der Waals surface area contributed by atoms with Gasteiger partial charge in [-0.2, -0.15) is 5.10 Å². The van der Waals surface area contributed by atoms with Gasteiger partial charge in [0.05, 0.1) is 12.2 Å². The van der Waals surface area contributed by atoms with Crippen molar-refractivity contribution in [2.24, 2.45) is 0 Å². The molecule has 0 unspecified atom stereocenters. The van der Waals surface area contributed by atoms with Crippen molar-refractivity contribution in [2.45, 2.75) is 6.54 Å². The molecule has 1 aromatic carbocycles. The number of nitrogens with one attached hydrogen (secondary N) is 1. The minimum absolute atomic E-state index is 0.182. The van der Waals surface area contributed by atoms with E-state index >= 15 is 0 Å². The third-order valence-corrected chi connectivity index (χ3v) is 3.53. The Kier molecular flexibility index (Phi) is 3.91. The van der Waals surface area contributed by atoms with Gasteiger partial charge in [0.1, 0.15) is 17.3 Å². The molecule has 0 bridgehead atoms. The summed E-state index contributed by atoms with van der Waals surface area (Å²) in [5.74, 6) is 0.313. The number of hydrogen-bond donors (Lipinski definition) is 1. The molecule has 0 saturated carbocycles. The third-order valence-electron chi connectivity index (χ3n) is 3.53. The van der Waals surface area contributed by atoms with Crippen molar-refractivity contribution in [1.82, 2.24) is 20.1 Å². The molecule has 0 amide bonds. The molecule has 24 heavy (non-hydrogen) atoms. The molecule has 1 saturated heterocycles. The molecule has 1 N–H and O–H groups in total. The Hall–Kier alpha value is -2.81. The predicted octanol–water partition coefficient (Wildman–Crippen LogP) is 2.60. The van der Waals surface area contributed by atoms with E-state index in [4.69, 9.17) is 9.68 Å². The first-order valence-electron chi connectivity index (χ1n) is 7.35. The molecule has 4 rings (SSSR count). The largest absolute Gasteiger partial charge is 0.255 e. The van der Waals surface area contributed by atoms with Gasteiger partial charge < -0.3 is 0 Å². The van der Waals surface area contributed by atoms with Crippen LogP contribution in [0.2, 0.25) is 0 Å². The number of hydrazine groups is 1. The summed E-state index contributed by atoms with van der Waals surface area (Å²) in [5.41, 5.74) is 4.83. The molecule has 0 aliphatic carbocycles. The molecule has 0 radical (unpaired) electrons. The number of hydrogen-bond acceptors (Lipinski definition) is 6. The van der Waals surface area contributed by atoms with Crippen molar-refractivity contribution >= 4 is 5.82 Å². The summed E-state index contributed by atoms with van der Waals surface area (Å²) in [6.45, 7) is 0.442. The number of halogens is 1. The topological polar surface area (TPSA) is 64.4 Å². The van der Waals surface area contributed by atoms with Crippen molar-refractivity contribution in [3.8, 4) is 11.4 Å². The van der Waals surface area contributed by atoms with Gasteiger partial charge in [0.25, 0.3) is 0 Å². The van der Waals surface area contributed by atoms with Gasteiger partial charge in [-0.25, -0.2) is 18.7 Å². The quantitative estimate of drug-likeness (QED) is 0.777. The summed E-state index contributed by atoms with van der Waals surface area (Å²) in [5, 5.41) is 5.64. The van der Waals surface area contributed by atoms with Crippen molar-refractivity contribution in [2.75, 3.05) is 12.2 Å². The summed E-state index contributed by atoms with van der Waals surface area (Å²) >= 11 is 0. The van der Waals surface area contributed by atoms with Crippen LogP contribution in [0.4, 0.5) is 10.2 Å². The van der Waals surface area contributed by atoms with Crippen molar-refractivity contribution in [3.05, 3.63) is 66.1 Å². The minimum Gasteiger partial charge on any atom is -0.255 e. The molecule has 0 atom stereocenters. The Balaban J connectivity index is 1.67. The summed E-state index contributed by atoms with van der Waals surface area (Å²) in [7, 11) is 0. The molecule has 2 aromatic heterocycles. The van der Waals surface area contributed by atoms with E-state index in [0.29, 0.717) is 17.1 Å². The Morgan fingerprint density at radius 3 is 2.62 bits per heavy atom. The van der Waals surface area contributed by atoms with Gasteiger partial charge in [-0.1, -0.05) is 24.3 Å². The van der Waals surface area contributed by atoms with E-state index in [1.54, 1.807) is 35.1 Å². The van der Waals surface area contributed by atoms with E-state index in [0.717, 1.165) is 11.0 Å². The molecule has 0 spiro atoms. The molecule has 1 aliphatic rings. The zero-order valence-corrected chi connectivity index (χ0v) is 12.6. The Morgan fingerprint density at radius 1 is 1.08 bits per heavy atom. The zero-order valence-electron chi connectivity index (χ0n) is 12.6. The predicted molar refractivity (Wildman–Crippen MR) is 83.5 cm³/mol. The summed E-state index contributed by atoms with van der Waals surface area (Å²) < 4.78 is 15.6. The van der Waals surface area contributed by atoms with Gasteiger partial charge in [-0.05, 0) is 18.2 Å². The lowest BCUT2D eigenvalue weighted by molar-refractivity contribution is -0.507. The van der Waals surface area contributed by atoms with E-state index in [1.807, 2.05) is 18.2 Å². The van der Waals surface area contributed by atoms with E-state index < -0.39 is 0 Å². The number of pyridine rings is 1. The van der Waals surface area contributed by atoms with E-state index in [9.17, 15) is 4.39 Å². The normalized spacial score (nSPS) is 14.4. The lowest BCUT2D eigenvalue weighted by Crippen LogP contribution is -2.41. The fourth-order valence-corrected chi connectivity index (χ4v) is 2.32. The maximum Gasteiger partial charge on any atom is 0.196 e. The number of aromatic nitrogens is 3. The molecular weight excluding hydrogens is 313 g/mol. The summed E-state index contributed by atoms with van der Waals surface area (Å²) in [4.78, 5) is 14.4. The first-order chi connectivity index (χ1) is 11.8. The highest BCUT2D eigenvalue weighted by atomic mass is 19.1. The number of nitrogens with zero attached hydrogens (tertiary/aromatic N) is 4. The van der Waals surface area contributed by atoms with Crippen molar-refractivity contribution < 1.29 is 14.1 Å². The second-order valence-corrected chi connectivity index (χ2v) is 5.12. The highest BCUT2D eigenvalue weighted by Crippen LogP contribution is 2.23. The van der Waals surface area contributed by atoms with Crippen LogP contribution in [0.25, 0.3) is 11.4 Å². The van der Waals surface area contributed by atoms with E-state index in [1.165, 1.54) is 6.07 Å². The molecule has 8 heteroatoms. The number of benzene rings is 1. The van der Waals surface area contributed by atoms with E-state index in [-0.39, 0.29) is 19.2 Å². The summed E-state index contributed by atoms with van der Waals surface area (Å²) in [6.07, 6.45) is 1.69. The molecule has 1 fully saturated rings. The van der Waals surface area contributed by atoms with Gasteiger partial charge in [0.15, 0.2) is 6.79 Å². The molecule has 7 nitrogen and oxygen atoms in total. The lowest BCUT2D eigenvalue weighted by atomic mass is 10.2. The molecule has 122 valence electrons. The average molecular weight is 327 g/mol. The van der Waals surface area contributed by atoms with Crippen molar-refractivity contribution in [1.29, 1.82) is 0 Å². The van der Waals surface area contributed by atoms with Gasteiger partial charge in [0, 0.05) is 23.2 Å². The first kappa shape index (κ1) is 14.8. The van der Waals surface area contributed by atoms with E-state index in [2.05, 4.69) is 15.5 Å². The monoisotopic (exact) mass is 327 g/mol. The fraction of sp³-hybridized carbons (Fsp3) is 0.125. The minimum atomic E-state index is -0.283. The fourth-order valence-electron chi connectivity index (χ4n) is 2.32. The van der Waals surface area contributed by atoms with Crippen LogP contribution in [0, 0.1) is 5.82 Å². The van der Waals surface area contributed by atoms with Gasteiger partial charge in [0.2, 0.25) is 0 Å². The number of anilines is 1. The Bertz CT molecular complexity index is 835. The van der Waals surface area contributed by atoms with Crippen LogP contribution < -0.4 is 5.43 Å². The molecule has 1 aliphatic heterocycles. The van der Waals surface area contributed by atoms with Crippen LogP contribution in [0.3, 0.4) is 0 Å². The highest BCUT2D eigenvalue weighted by molar-refractivity contribution is 5.59. The van der Waals surface area contributed by atoms with Crippen LogP contribution in [0.1, 0.15) is 5.56 Å². The molecular formula is C16H14FN5O2. The van der Waals surface area contributed by atoms with Gasteiger partial charge in [-0.15, -0.1) is 0 Å². The maximum absolute atomic E-state index is 13.9. The Labute approximate surface area is 137 Å². The maximum atomic E-state index is 13.9. The zero-order chi connectivity index (χ0) is 16.4. The van der Waals surface area contributed by atoms with Crippen molar-refractivity contribution in [3.63, 3.8) is 0 Å². The van der Waals surface area contributed by atoms with Gasteiger partial charge >= 0.3 is 0 Å². The van der Waals surface area contributed by atoms with Crippen LogP contribution in [0.15, 0.2) is 54.7 Å². The lowest BCUT2D eigenvalue weighted by Gasteiger charge is -2.28. The highest BCUT2D eigenvalue weighted by Gasteiger charge is 2.20. The molecule has 3 aromatic rings. The standard InChI is InChI=1S/C16H14FN5O2/c17-13-6-2-1-5-12(13)10-21-16(20-22-23-11-24-22)9-15(19-21)14-7-3-4-8-18-14/h1-9,20H,10-11H2. The Morgan fingerprint density at radius 2 is 1.92 bits per heavy atom. The molecule has 3 heterocycles. The smallest absolute Gasteiger partial charge is 0.196 e. The van der Waals surface area contributed by atoms with Crippen LogP contribution in [-0.2, 0) is 16.2 Å². The summed E-state index contributed by atoms with van der Waals surface area (Å²) in [6, 6.07) is 14.0. The average Bonchev–Trinajstić information content (AvgIpc) is 2.97. The van der Waals surface area contributed by atoms with Crippen LogP contribution >= 0.6 is 0 Å². The van der Waals surface area contributed by atoms with Crippen LogP contribution in [0.5, 0.6) is 0 Å².